The van der Waals surface area contributed by atoms with E-state index < -0.39 is 0 Å². The molecule has 0 aromatic rings. The first kappa shape index (κ1) is 11.8. The van der Waals surface area contributed by atoms with Gasteiger partial charge >= 0.3 is 6.03 Å². The Morgan fingerprint density at radius 1 is 1.33 bits per heavy atom. The van der Waals surface area contributed by atoms with E-state index in [1.54, 1.807) is 28.8 Å². The zero-order chi connectivity index (χ0) is 11.4. The Hall–Kier alpha value is -1.26. The van der Waals surface area contributed by atoms with Crippen molar-refractivity contribution in [2.75, 3.05) is 40.3 Å². The van der Waals surface area contributed by atoms with E-state index in [-0.39, 0.29) is 6.03 Å². The third-order valence-corrected chi connectivity index (χ3v) is 2.54. The van der Waals surface area contributed by atoms with Crippen molar-refractivity contribution in [1.29, 1.82) is 0 Å². The van der Waals surface area contributed by atoms with Gasteiger partial charge in [-0.25, -0.2) is 4.79 Å². The van der Waals surface area contributed by atoms with Crippen LogP contribution in [0, 0.1) is 5.92 Å². The molecule has 3 amide bonds. The molecule has 1 heterocycles. The number of hydrogen-bond donors (Lipinski definition) is 0. The van der Waals surface area contributed by atoms with Gasteiger partial charge in [0, 0.05) is 40.3 Å². The highest BCUT2D eigenvalue weighted by Crippen LogP contribution is 2.09. The lowest BCUT2D eigenvalue weighted by molar-refractivity contribution is -0.118. The minimum Gasteiger partial charge on any atom is -0.343 e. The minimum atomic E-state index is 0.0228. The summed E-state index contributed by atoms with van der Waals surface area (Å²) in [5, 5.41) is 0. The Balaban J connectivity index is 2.61. The maximum absolute atomic E-state index is 11.7. The summed E-state index contributed by atoms with van der Waals surface area (Å²) >= 11 is 0. The van der Waals surface area contributed by atoms with Gasteiger partial charge in [-0.05, 0) is 5.92 Å². The van der Waals surface area contributed by atoms with Crippen LogP contribution in [0.3, 0.4) is 0 Å². The van der Waals surface area contributed by atoms with Crippen molar-refractivity contribution < 1.29 is 9.59 Å². The summed E-state index contributed by atoms with van der Waals surface area (Å²) < 4.78 is 0. The van der Waals surface area contributed by atoms with Crippen LogP contribution in [0.5, 0.6) is 0 Å². The van der Waals surface area contributed by atoms with Crippen molar-refractivity contribution in [2.24, 2.45) is 5.92 Å². The molecule has 5 nitrogen and oxygen atoms in total. The molecule has 86 valence electrons. The quantitative estimate of drug-likeness (QED) is 0.579. The second-order valence-electron chi connectivity index (χ2n) is 4.33. The highest BCUT2D eigenvalue weighted by atomic mass is 16.2. The topological polar surface area (TPSA) is 43.9 Å². The smallest absolute Gasteiger partial charge is 0.319 e. The number of amides is 3. The minimum absolute atomic E-state index is 0.0228. The normalized spacial score (nSPS) is 22.2. The number of carbonyl (C=O) groups excluding carboxylic acids is 2. The van der Waals surface area contributed by atoms with Gasteiger partial charge in [-0.3, -0.25) is 4.79 Å². The lowest BCUT2D eigenvalue weighted by Gasteiger charge is -2.25. The third-order valence-electron chi connectivity index (χ3n) is 2.54. The molecule has 0 spiro atoms. The maximum atomic E-state index is 11.7. The highest BCUT2D eigenvalue weighted by Gasteiger charge is 2.23. The van der Waals surface area contributed by atoms with Crippen LogP contribution in [0.2, 0.25) is 0 Å². The van der Waals surface area contributed by atoms with Crippen molar-refractivity contribution in [1.82, 2.24) is 14.7 Å². The molecule has 0 radical (unpaired) electrons. The monoisotopic (exact) mass is 213 g/mol. The number of rotatable bonds is 1. The zero-order valence-electron chi connectivity index (χ0n) is 9.64. The van der Waals surface area contributed by atoms with E-state index in [1.165, 1.54) is 0 Å². The SMILES string of the molecule is CC1CN(C=O)CCN(C(=O)N(C)C)C1. The second-order valence-corrected chi connectivity index (χ2v) is 4.33. The molecule has 1 saturated heterocycles. The van der Waals surface area contributed by atoms with Gasteiger partial charge < -0.3 is 14.7 Å². The lowest BCUT2D eigenvalue weighted by Crippen LogP contribution is -2.42. The number of carbonyl (C=O) groups is 2. The number of urea groups is 1. The average Bonchev–Trinajstić information content (AvgIpc) is 2.38. The van der Waals surface area contributed by atoms with Crippen molar-refractivity contribution in [3.63, 3.8) is 0 Å². The Kier molecular flexibility index (Phi) is 3.94. The molecule has 1 rings (SSSR count). The fourth-order valence-corrected chi connectivity index (χ4v) is 1.82. The molecule has 0 N–H and O–H groups in total. The van der Waals surface area contributed by atoms with Crippen molar-refractivity contribution in [3.05, 3.63) is 0 Å². The molecule has 1 aliphatic heterocycles. The third kappa shape index (κ3) is 3.11. The standard InChI is InChI=1S/C10H19N3O2/c1-9-6-12(8-14)4-5-13(7-9)10(15)11(2)3/h8-9H,4-7H2,1-3H3. The molecule has 0 bridgehead atoms. The predicted octanol–water partition coefficient (Wildman–Crippen LogP) is 0.0781. The number of nitrogens with zero attached hydrogens (tertiary/aromatic N) is 3. The molecule has 1 atom stereocenters. The van der Waals surface area contributed by atoms with Gasteiger partial charge in [0.15, 0.2) is 0 Å². The molecular weight excluding hydrogens is 194 g/mol. The molecule has 0 aromatic heterocycles. The van der Waals surface area contributed by atoms with Crippen molar-refractivity contribution in [2.45, 2.75) is 6.92 Å². The first-order chi connectivity index (χ1) is 7.04. The Labute approximate surface area is 90.6 Å². The molecule has 1 aliphatic rings. The number of hydrogen-bond acceptors (Lipinski definition) is 2. The van der Waals surface area contributed by atoms with Crippen molar-refractivity contribution in [3.8, 4) is 0 Å². The Morgan fingerprint density at radius 3 is 2.53 bits per heavy atom. The van der Waals surface area contributed by atoms with Gasteiger partial charge in [-0.15, -0.1) is 0 Å². The first-order valence-corrected chi connectivity index (χ1v) is 5.20. The van der Waals surface area contributed by atoms with Crippen LogP contribution in [0.15, 0.2) is 0 Å². The summed E-state index contributed by atoms with van der Waals surface area (Å²) in [5.74, 6) is 0.335. The fourth-order valence-electron chi connectivity index (χ4n) is 1.82. The highest BCUT2D eigenvalue weighted by molar-refractivity contribution is 5.73. The van der Waals surface area contributed by atoms with Crippen LogP contribution in [0.25, 0.3) is 0 Å². The average molecular weight is 213 g/mol. The first-order valence-electron chi connectivity index (χ1n) is 5.20. The Bertz CT molecular complexity index is 243. The molecule has 0 aliphatic carbocycles. The largest absolute Gasteiger partial charge is 0.343 e. The van der Waals surface area contributed by atoms with Crippen LogP contribution in [0.4, 0.5) is 4.79 Å². The van der Waals surface area contributed by atoms with Gasteiger partial charge in [0.25, 0.3) is 0 Å². The molecule has 15 heavy (non-hydrogen) atoms. The molecule has 1 fully saturated rings. The lowest BCUT2D eigenvalue weighted by atomic mass is 10.2. The van der Waals surface area contributed by atoms with Gasteiger partial charge in [0.1, 0.15) is 0 Å². The molecule has 5 heteroatoms. The van der Waals surface area contributed by atoms with E-state index in [1.807, 2.05) is 0 Å². The van der Waals surface area contributed by atoms with Crippen LogP contribution in [-0.2, 0) is 4.79 Å². The molecule has 0 aromatic carbocycles. The van der Waals surface area contributed by atoms with E-state index in [9.17, 15) is 9.59 Å². The maximum Gasteiger partial charge on any atom is 0.319 e. The van der Waals surface area contributed by atoms with Gasteiger partial charge in [0.2, 0.25) is 6.41 Å². The van der Waals surface area contributed by atoms with Crippen molar-refractivity contribution >= 4 is 12.4 Å². The van der Waals surface area contributed by atoms with E-state index in [2.05, 4.69) is 6.92 Å². The molecule has 1 unspecified atom stereocenters. The van der Waals surface area contributed by atoms with Gasteiger partial charge in [-0.1, -0.05) is 6.92 Å². The zero-order valence-corrected chi connectivity index (χ0v) is 9.64. The van der Waals surface area contributed by atoms with Gasteiger partial charge in [-0.2, -0.15) is 0 Å². The second kappa shape index (κ2) is 5.00. The molecule has 0 saturated carbocycles. The van der Waals surface area contributed by atoms with Crippen LogP contribution in [0.1, 0.15) is 6.92 Å². The van der Waals surface area contributed by atoms with E-state index in [0.29, 0.717) is 19.0 Å². The predicted molar refractivity (Wildman–Crippen MR) is 57.5 cm³/mol. The van der Waals surface area contributed by atoms with Crippen LogP contribution in [-0.4, -0.2) is 67.4 Å². The summed E-state index contributed by atoms with van der Waals surface area (Å²) in [6.07, 6.45) is 0.861. The van der Waals surface area contributed by atoms with E-state index >= 15 is 0 Å². The summed E-state index contributed by atoms with van der Waals surface area (Å²) in [4.78, 5) is 27.5. The molecular formula is C10H19N3O2. The summed E-state index contributed by atoms with van der Waals surface area (Å²) in [7, 11) is 3.49. The summed E-state index contributed by atoms with van der Waals surface area (Å²) in [5.41, 5.74) is 0. The van der Waals surface area contributed by atoms with Crippen LogP contribution >= 0.6 is 0 Å². The fraction of sp³-hybridized carbons (Fsp3) is 0.800. The van der Waals surface area contributed by atoms with Crippen LogP contribution < -0.4 is 0 Å². The summed E-state index contributed by atoms with van der Waals surface area (Å²) in [6, 6.07) is 0.0228. The Morgan fingerprint density at radius 2 is 2.00 bits per heavy atom. The summed E-state index contributed by atoms with van der Waals surface area (Å²) in [6.45, 7) is 4.77. The van der Waals surface area contributed by atoms with Gasteiger partial charge in [0.05, 0.1) is 0 Å². The van der Waals surface area contributed by atoms with E-state index in [0.717, 1.165) is 19.5 Å². The van der Waals surface area contributed by atoms with E-state index in [4.69, 9.17) is 0 Å².